The number of amides is 2. The van der Waals surface area contributed by atoms with Crippen LogP contribution in [0.3, 0.4) is 0 Å². The van der Waals surface area contributed by atoms with Gasteiger partial charge >= 0.3 is 0 Å². The molecule has 1 aromatic rings. The van der Waals surface area contributed by atoms with Gasteiger partial charge in [0.2, 0.25) is 5.91 Å². The molecule has 114 valence electrons. The van der Waals surface area contributed by atoms with Crippen molar-refractivity contribution in [1.29, 1.82) is 0 Å². The van der Waals surface area contributed by atoms with Gasteiger partial charge in [-0.25, -0.2) is 0 Å². The predicted octanol–water partition coefficient (Wildman–Crippen LogP) is 2.37. The van der Waals surface area contributed by atoms with Gasteiger partial charge in [0.1, 0.15) is 0 Å². The standard InChI is InChI=1S/C15H20BrN3O2/c1-2-3-14(20)18-13-4-6-19(7-5-13)15(21)11-8-12(16)10-17-9-11/h8-10,13H,2-7H2,1H3,(H,18,20). The first kappa shape index (κ1) is 15.9. The van der Waals surface area contributed by atoms with Gasteiger partial charge in [-0.3, -0.25) is 14.6 Å². The average molecular weight is 354 g/mol. The summed E-state index contributed by atoms with van der Waals surface area (Å²) < 4.78 is 0.801. The summed E-state index contributed by atoms with van der Waals surface area (Å²) in [4.78, 5) is 29.8. The molecular weight excluding hydrogens is 334 g/mol. The minimum absolute atomic E-state index is 0.00198. The van der Waals surface area contributed by atoms with Gasteiger partial charge in [-0.1, -0.05) is 6.92 Å². The molecule has 1 fully saturated rings. The predicted molar refractivity (Wildman–Crippen MR) is 83.9 cm³/mol. The Morgan fingerprint density at radius 2 is 2.10 bits per heavy atom. The van der Waals surface area contributed by atoms with Gasteiger partial charge in [-0.2, -0.15) is 0 Å². The Hall–Kier alpha value is -1.43. The maximum absolute atomic E-state index is 12.4. The van der Waals surface area contributed by atoms with Gasteiger partial charge in [-0.05, 0) is 41.3 Å². The Kier molecular flexibility index (Phi) is 5.73. The van der Waals surface area contributed by atoms with Gasteiger partial charge < -0.3 is 10.2 Å². The lowest BCUT2D eigenvalue weighted by molar-refractivity contribution is -0.122. The normalized spacial score (nSPS) is 15.8. The van der Waals surface area contributed by atoms with E-state index in [1.807, 2.05) is 11.8 Å². The van der Waals surface area contributed by atoms with Crippen molar-refractivity contribution in [1.82, 2.24) is 15.2 Å². The fraction of sp³-hybridized carbons (Fsp3) is 0.533. The lowest BCUT2D eigenvalue weighted by atomic mass is 10.0. The number of aromatic nitrogens is 1. The van der Waals surface area contributed by atoms with E-state index in [-0.39, 0.29) is 17.9 Å². The zero-order valence-corrected chi connectivity index (χ0v) is 13.7. The number of piperidine rings is 1. The van der Waals surface area contributed by atoms with Crippen molar-refractivity contribution in [3.8, 4) is 0 Å². The maximum Gasteiger partial charge on any atom is 0.255 e. The van der Waals surface area contributed by atoms with E-state index in [1.165, 1.54) is 0 Å². The number of rotatable bonds is 4. The molecule has 21 heavy (non-hydrogen) atoms. The van der Waals surface area contributed by atoms with E-state index >= 15 is 0 Å². The van der Waals surface area contributed by atoms with Crippen molar-refractivity contribution >= 4 is 27.7 Å². The van der Waals surface area contributed by atoms with E-state index in [4.69, 9.17) is 0 Å². The van der Waals surface area contributed by atoms with Crippen LogP contribution in [0.1, 0.15) is 43.0 Å². The van der Waals surface area contributed by atoms with E-state index < -0.39 is 0 Å². The van der Waals surface area contributed by atoms with Crippen molar-refractivity contribution in [2.75, 3.05) is 13.1 Å². The molecule has 0 saturated carbocycles. The molecule has 5 nitrogen and oxygen atoms in total. The molecule has 0 aliphatic carbocycles. The Labute approximate surface area is 133 Å². The van der Waals surface area contributed by atoms with Crippen LogP contribution >= 0.6 is 15.9 Å². The van der Waals surface area contributed by atoms with E-state index in [2.05, 4.69) is 26.2 Å². The number of halogens is 1. The van der Waals surface area contributed by atoms with Crippen LogP contribution in [-0.4, -0.2) is 40.8 Å². The van der Waals surface area contributed by atoms with Crippen LogP contribution in [-0.2, 0) is 4.79 Å². The molecule has 1 aromatic heterocycles. The highest BCUT2D eigenvalue weighted by Crippen LogP contribution is 2.16. The number of carbonyl (C=O) groups excluding carboxylic acids is 2. The summed E-state index contributed by atoms with van der Waals surface area (Å²) in [5.74, 6) is 0.112. The number of carbonyl (C=O) groups is 2. The Morgan fingerprint density at radius 3 is 2.71 bits per heavy atom. The second-order valence-corrected chi connectivity index (χ2v) is 6.19. The van der Waals surface area contributed by atoms with Crippen molar-refractivity contribution in [3.05, 3.63) is 28.5 Å². The number of nitrogens with one attached hydrogen (secondary N) is 1. The molecule has 0 bridgehead atoms. The summed E-state index contributed by atoms with van der Waals surface area (Å²) in [6.07, 6.45) is 6.29. The SMILES string of the molecule is CCCC(=O)NC1CCN(C(=O)c2cncc(Br)c2)CC1. The summed E-state index contributed by atoms with van der Waals surface area (Å²) in [6.45, 7) is 3.33. The molecule has 2 rings (SSSR count). The van der Waals surface area contributed by atoms with Gasteiger partial charge in [0, 0.05) is 42.4 Å². The second-order valence-electron chi connectivity index (χ2n) is 5.28. The fourth-order valence-electron chi connectivity index (χ4n) is 2.47. The molecule has 1 aliphatic heterocycles. The van der Waals surface area contributed by atoms with Crippen LogP contribution in [0, 0.1) is 0 Å². The van der Waals surface area contributed by atoms with Gasteiger partial charge in [0.15, 0.2) is 0 Å². The van der Waals surface area contributed by atoms with E-state index in [0.717, 1.165) is 23.7 Å². The minimum Gasteiger partial charge on any atom is -0.353 e. The van der Waals surface area contributed by atoms with E-state index in [9.17, 15) is 9.59 Å². The molecule has 0 radical (unpaired) electrons. The molecule has 1 saturated heterocycles. The van der Waals surface area contributed by atoms with Gasteiger partial charge in [-0.15, -0.1) is 0 Å². The molecule has 2 heterocycles. The average Bonchev–Trinajstić information content (AvgIpc) is 2.47. The van der Waals surface area contributed by atoms with Crippen molar-refractivity contribution in [2.24, 2.45) is 0 Å². The van der Waals surface area contributed by atoms with Crippen molar-refractivity contribution < 1.29 is 9.59 Å². The highest BCUT2D eigenvalue weighted by atomic mass is 79.9. The zero-order chi connectivity index (χ0) is 15.2. The first-order chi connectivity index (χ1) is 10.1. The number of hydrogen-bond donors (Lipinski definition) is 1. The monoisotopic (exact) mass is 353 g/mol. The molecule has 0 aromatic carbocycles. The van der Waals surface area contributed by atoms with E-state index in [0.29, 0.717) is 25.1 Å². The van der Waals surface area contributed by atoms with Crippen LogP contribution in [0.15, 0.2) is 22.9 Å². The number of hydrogen-bond acceptors (Lipinski definition) is 3. The summed E-state index contributed by atoms with van der Waals surface area (Å²) in [5.41, 5.74) is 0.595. The molecule has 6 heteroatoms. The van der Waals surface area contributed by atoms with Crippen LogP contribution < -0.4 is 5.32 Å². The summed E-state index contributed by atoms with van der Waals surface area (Å²) >= 11 is 3.33. The lowest BCUT2D eigenvalue weighted by Crippen LogP contribution is -2.46. The summed E-state index contributed by atoms with van der Waals surface area (Å²) in [7, 11) is 0. The quantitative estimate of drug-likeness (QED) is 0.903. The van der Waals surface area contributed by atoms with E-state index in [1.54, 1.807) is 18.5 Å². The topological polar surface area (TPSA) is 62.3 Å². The number of nitrogens with zero attached hydrogens (tertiary/aromatic N) is 2. The van der Waals surface area contributed by atoms with Crippen LogP contribution in [0.25, 0.3) is 0 Å². The molecular formula is C15H20BrN3O2. The number of likely N-dealkylation sites (tertiary alicyclic amines) is 1. The van der Waals surface area contributed by atoms with Gasteiger partial charge in [0.05, 0.1) is 5.56 Å². The molecule has 1 N–H and O–H groups in total. The van der Waals surface area contributed by atoms with Gasteiger partial charge in [0.25, 0.3) is 5.91 Å². The highest BCUT2D eigenvalue weighted by Gasteiger charge is 2.24. The lowest BCUT2D eigenvalue weighted by Gasteiger charge is -2.32. The third-order valence-corrected chi connectivity index (χ3v) is 4.01. The smallest absolute Gasteiger partial charge is 0.255 e. The first-order valence-electron chi connectivity index (χ1n) is 7.29. The largest absolute Gasteiger partial charge is 0.353 e. The molecule has 0 atom stereocenters. The third-order valence-electron chi connectivity index (χ3n) is 3.58. The maximum atomic E-state index is 12.4. The Bertz CT molecular complexity index is 513. The summed E-state index contributed by atoms with van der Waals surface area (Å²) in [5, 5.41) is 3.03. The molecule has 0 spiro atoms. The molecule has 2 amide bonds. The fourth-order valence-corrected chi connectivity index (χ4v) is 2.83. The van der Waals surface area contributed by atoms with Crippen LogP contribution in [0.5, 0.6) is 0 Å². The molecule has 1 aliphatic rings. The Balaban J connectivity index is 1.86. The first-order valence-corrected chi connectivity index (χ1v) is 8.08. The number of pyridine rings is 1. The minimum atomic E-state index is 0.00198. The zero-order valence-electron chi connectivity index (χ0n) is 12.1. The van der Waals surface area contributed by atoms with Crippen LogP contribution in [0.2, 0.25) is 0 Å². The Morgan fingerprint density at radius 1 is 1.38 bits per heavy atom. The van der Waals surface area contributed by atoms with Crippen molar-refractivity contribution in [2.45, 2.75) is 38.6 Å². The van der Waals surface area contributed by atoms with Crippen molar-refractivity contribution in [3.63, 3.8) is 0 Å². The third kappa shape index (κ3) is 4.52. The highest BCUT2D eigenvalue weighted by molar-refractivity contribution is 9.10. The molecule has 0 unspecified atom stereocenters. The summed E-state index contributed by atoms with van der Waals surface area (Å²) in [6, 6.07) is 1.97. The second kappa shape index (κ2) is 7.54. The van der Waals surface area contributed by atoms with Crippen LogP contribution in [0.4, 0.5) is 0 Å².